The summed E-state index contributed by atoms with van der Waals surface area (Å²) in [6, 6.07) is 0. The van der Waals surface area contributed by atoms with Gasteiger partial charge in [-0.05, 0) is 46.0 Å². The van der Waals surface area contributed by atoms with Gasteiger partial charge in [0, 0.05) is 7.11 Å². The molecule has 3 unspecified atom stereocenters. The third kappa shape index (κ3) is 2.20. The van der Waals surface area contributed by atoms with E-state index in [1.807, 2.05) is 13.8 Å². The molecule has 0 spiro atoms. The molecule has 4 nitrogen and oxygen atoms in total. The monoisotopic (exact) mass is 242 g/mol. The van der Waals surface area contributed by atoms with Gasteiger partial charge in [0.2, 0.25) is 0 Å². The van der Waals surface area contributed by atoms with Gasteiger partial charge in [0.25, 0.3) is 0 Å². The highest BCUT2D eigenvalue weighted by Gasteiger charge is 2.57. The summed E-state index contributed by atoms with van der Waals surface area (Å²) >= 11 is 0. The summed E-state index contributed by atoms with van der Waals surface area (Å²) in [4.78, 5) is 11.6. The number of methoxy groups -OCH3 is 1. The average Bonchev–Trinajstić information content (AvgIpc) is 2.87. The maximum atomic E-state index is 11.6. The fourth-order valence-electron chi connectivity index (χ4n) is 3.02. The van der Waals surface area contributed by atoms with Crippen LogP contribution in [-0.2, 0) is 14.3 Å². The second-order valence-corrected chi connectivity index (χ2v) is 5.95. The molecule has 0 aromatic carbocycles. The summed E-state index contributed by atoms with van der Waals surface area (Å²) < 4.78 is 11.1. The fraction of sp³-hybridized carbons (Fsp3) is 0.923. The van der Waals surface area contributed by atoms with E-state index in [0.29, 0.717) is 12.8 Å². The van der Waals surface area contributed by atoms with Crippen molar-refractivity contribution in [2.45, 2.75) is 63.8 Å². The first kappa shape index (κ1) is 12.8. The second kappa shape index (κ2) is 4.25. The molecule has 2 fully saturated rings. The summed E-state index contributed by atoms with van der Waals surface area (Å²) in [6.45, 7) is 3.99. The molecule has 0 amide bonds. The van der Waals surface area contributed by atoms with Crippen LogP contribution in [-0.4, -0.2) is 36.0 Å². The van der Waals surface area contributed by atoms with Gasteiger partial charge in [0.05, 0.1) is 23.2 Å². The van der Waals surface area contributed by atoms with E-state index in [2.05, 4.69) is 0 Å². The standard InChI is InChI=1S/C13H22O4/c1-12(2,16-3)6-7-13(11(14)15)8-9-4-5-10(13)17-9/h9-10H,4-8H2,1-3H3,(H,14,15). The lowest BCUT2D eigenvalue weighted by Gasteiger charge is -2.34. The highest BCUT2D eigenvalue weighted by atomic mass is 16.5. The van der Waals surface area contributed by atoms with Gasteiger partial charge >= 0.3 is 5.97 Å². The number of carbonyl (C=O) groups is 1. The minimum atomic E-state index is -0.698. The average molecular weight is 242 g/mol. The number of ether oxygens (including phenoxy) is 2. The van der Waals surface area contributed by atoms with Gasteiger partial charge in [-0.1, -0.05) is 0 Å². The number of hydrogen-bond acceptors (Lipinski definition) is 3. The quantitative estimate of drug-likeness (QED) is 0.803. The molecule has 0 saturated carbocycles. The van der Waals surface area contributed by atoms with Crippen molar-refractivity contribution < 1.29 is 19.4 Å². The molecule has 3 atom stereocenters. The number of hydrogen-bond donors (Lipinski definition) is 1. The molecule has 0 aromatic heterocycles. The molecule has 0 aromatic rings. The molecule has 2 bridgehead atoms. The van der Waals surface area contributed by atoms with Crippen molar-refractivity contribution in [1.29, 1.82) is 0 Å². The molecule has 4 heteroatoms. The first-order valence-electron chi connectivity index (χ1n) is 6.34. The van der Waals surface area contributed by atoms with Gasteiger partial charge in [-0.2, -0.15) is 0 Å². The largest absolute Gasteiger partial charge is 0.481 e. The minimum Gasteiger partial charge on any atom is -0.481 e. The van der Waals surface area contributed by atoms with Crippen molar-refractivity contribution in [2.24, 2.45) is 5.41 Å². The number of aliphatic carboxylic acids is 1. The van der Waals surface area contributed by atoms with Crippen LogP contribution in [0.4, 0.5) is 0 Å². The van der Waals surface area contributed by atoms with Crippen molar-refractivity contribution in [1.82, 2.24) is 0 Å². The molecule has 2 aliphatic heterocycles. The predicted octanol–water partition coefficient (Wildman–Crippen LogP) is 2.21. The number of rotatable bonds is 5. The molecule has 2 heterocycles. The van der Waals surface area contributed by atoms with Crippen LogP contribution in [0.5, 0.6) is 0 Å². The smallest absolute Gasteiger partial charge is 0.312 e. The summed E-state index contributed by atoms with van der Waals surface area (Å²) in [7, 11) is 1.67. The molecule has 17 heavy (non-hydrogen) atoms. The highest BCUT2D eigenvalue weighted by molar-refractivity contribution is 5.76. The zero-order chi connectivity index (χ0) is 12.7. The Morgan fingerprint density at radius 2 is 2.24 bits per heavy atom. The van der Waals surface area contributed by atoms with Gasteiger partial charge < -0.3 is 14.6 Å². The Labute approximate surface area is 102 Å². The SMILES string of the molecule is COC(C)(C)CCC1(C(=O)O)CC2CCC1O2. The molecule has 0 radical (unpaired) electrons. The molecule has 2 rings (SSSR count). The topological polar surface area (TPSA) is 55.8 Å². The Hall–Kier alpha value is -0.610. The zero-order valence-corrected chi connectivity index (χ0v) is 10.9. The third-order valence-electron chi connectivity index (χ3n) is 4.47. The van der Waals surface area contributed by atoms with Crippen LogP contribution in [0.15, 0.2) is 0 Å². The van der Waals surface area contributed by atoms with Gasteiger partial charge in [0.1, 0.15) is 0 Å². The summed E-state index contributed by atoms with van der Waals surface area (Å²) in [5.74, 6) is -0.698. The van der Waals surface area contributed by atoms with E-state index < -0.39 is 11.4 Å². The van der Waals surface area contributed by atoms with Crippen LogP contribution in [0.2, 0.25) is 0 Å². The lowest BCUT2D eigenvalue weighted by molar-refractivity contribution is -0.153. The van der Waals surface area contributed by atoms with Gasteiger partial charge in [-0.3, -0.25) is 4.79 Å². The minimum absolute atomic E-state index is 0.0855. The second-order valence-electron chi connectivity index (χ2n) is 5.95. The Balaban J connectivity index is 2.07. The summed E-state index contributed by atoms with van der Waals surface area (Å²) in [6.07, 6.45) is 4.07. The van der Waals surface area contributed by atoms with E-state index in [9.17, 15) is 9.90 Å². The van der Waals surface area contributed by atoms with Crippen LogP contribution in [0.3, 0.4) is 0 Å². The van der Waals surface area contributed by atoms with Crippen molar-refractivity contribution in [3.8, 4) is 0 Å². The van der Waals surface area contributed by atoms with Crippen LogP contribution >= 0.6 is 0 Å². The number of carboxylic acids is 1. The lowest BCUT2D eigenvalue weighted by atomic mass is 9.70. The maximum Gasteiger partial charge on any atom is 0.312 e. The lowest BCUT2D eigenvalue weighted by Crippen LogP contribution is -2.42. The van der Waals surface area contributed by atoms with Gasteiger partial charge in [-0.25, -0.2) is 0 Å². The Kier molecular flexibility index (Phi) is 3.21. The Bertz CT molecular complexity index is 313. The van der Waals surface area contributed by atoms with Crippen molar-refractivity contribution in [3.63, 3.8) is 0 Å². The van der Waals surface area contributed by atoms with E-state index in [1.54, 1.807) is 7.11 Å². The highest BCUT2D eigenvalue weighted by Crippen LogP contribution is 2.51. The van der Waals surface area contributed by atoms with E-state index in [1.165, 1.54) is 0 Å². The molecule has 2 aliphatic rings. The van der Waals surface area contributed by atoms with Crippen LogP contribution in [0.1, 0.15) is 46.0 Å². The summed E-state index contributed by atoms with van der Waals surface area (Å²) in [5, 5.41) is 9.53. The number of carboxylic acid groups (broad SMARTS) is 1. The molecular weight excluding hydrogens is 220 g/mol. The Morgan fingerprint density at radius 3 is 2.65 bits per heavy atom. The molecule has 0 aliphatic carbocycles. The molecular formula is C13H22O4. The van der Waals surface area contributed by atoms with Crippen molar-refractivity contribution >= 4 is 5.97 Å². The van der Waals surface area contributed by atoms with E-state index in [4.69, 9.17) is 9.47 Å². The molecule has 1 N–H and O–H groups in total. The number of fused-ring (bicyclic) bond motifs is 2. The third-order valence-corrected chi connectivity index (χ3v) is 4.47. The van der Waals surface area contributed by atoms with E-state index in [-0.39, 0.29) is 17.8 Å². The molecule has 2 saturated heterocycles. The zero-order valence-electron chi connectivity index (χ0n) is 10.9. The molecule has 98 valence electrons. The first-order chi connectivity index (χ1) is 7.89. The first-order valence-corrected chi connectivity index (χ1v) is 6.34. The Morgan fingerprint density at radius 1 is 1.53 bits per heavy atom. The van der Waals surface area contributed by atoms with Crippen molar-refractivity contribution in [3.05, 3.63) is 0 Å². The summed E-state index contributed by atoms with van der Waals surface area (Å²) in [5.41, 5.74) is -0.928. The van der Waals surface area contributed by atoms with Crippen LogP contribution in [0, 0.1) is 5.41 Å². The van der Waals surface area contributed by atoms with Crippen LogP contribution in [0.25, 0.3) is 0 Å². The van der Waals surface area contributed by atoms with Gasteiger partial charge in [-0.15, -0.1) is 0 Å². The fourth-order valence-corrected chi connectivity index (χ4v) is 3.02. The normalized spacial score (nSPS) is 36.4. The predicted molar refractivity (Wildman–Crippen MR) is 62.9 cm³/mol. The van der Waals surface area contributed by atoms with Crippen molar-refractivity contribution in [2.75, 3.05) is 7.11 Å². The van der Waals surface area contributed by atoms with E-state index >= 15 is 0 Å². The van der Waals surface area contributed by atoms with E-state index in [0.717, 1.165) is 19.3 Å². The maximum absolute atomic E-state index is 11.6. The van der Waals surface area contributed by atoms with Gasteiger partial charge in [0.15, 0.2) is 0 Å². The van der Waals surface area contributed by atoms with Crippen LogP contribution < -0.4 is 0 Å².